The molecule has 17 heavy (non-hydrogen) atoms. The summed E-state index contributed by atoms with van der Waals surface area (Å²) in [7, 11) is 0. The van der Waals surface area contributed by atoms with Crippen LogP contribution in [0.4, 0.5) is 5.69 Å². The Kier molecular flexibility index (Phi) is 4.38. The number of benzene rings is 1. The average Bonchev–Trinajstić information content (AvgIpc) is 2.19. The monoisotopic (exact) mass is 230 g/mol. The highest BCUT2D eigenvalue weighted by molar-refractivity contribution is 5.74. The molecule has 0 aliphatic carbocycles. The zero-order chi connectivity index (χ0) is 13.0. The SMILES string of the molecule is C=C(C)NC(C)Cc1cccc(C(=C)C)c1N. The van der Waals surface area contributed by atoms with E-state index in [1.54, 1.807) is 0 Å². The van der Waals surface area contributed by atoms with E-state index in [1.165, 1.54) is 0 Å². The largest absolute Gasteiger partial charge is 0.398 e. The van der Waals surface area contributed by atoms with Gasteiger partial charge in [-0.15, -0.1) is 0 Å². The van der Waals surface area contributed by atoms with Gasteiger partial charge in [0.15, 0.2) is 0 Å². The number of nitrogens with two attached hydrogens (primary N) is 1. The number of hydrogen-bond donors (Lipinski definition) is 2. The van der Waals surface area contributed by atoms with Crippen molar-refractivity contribution in [3.8, 4) is 0 Å². The molecule has 92 valence electrons. The molecule has 0 spiro atoms. The third-order valence-electron chi connectivity index (χ3n) is 2.68. The fraction of sp³-hybridized carbons (Fsp3) is 0.333. The molecular formula is C15H22N2. The van der Waals surface area contributed by atoms with E-state index in [9.17, 15) is 0 Å². The quantitative estimate of drug-likeness (QED) is 0.761. The van der Waals surface area contributed by atoms with Crippen LogP contribution in [0, 0.1) is 0 Å². The number of allylic oxidation sites excluding steroid dienone is 2. The molecule has 2 nitrogen and oxygen atoms in total. The third kappa shape index (κ3) is 3.66. The lowest BCUT2D eigenvalue weighted by atomic mass is 9.98. The topological polar surface area (TPSA) is 38.0 Å². The molecule has 1 aromatic carbocycles. The zero-order valence-electron chi connectivity index (χ0n) is 11.0. The number of anilines is 1. The molecule has 0 radical (unpaired) electrons. The summed E-state index contributed by atoms with van der Waals surface area (Å²) in [5, 5.41) is 3.29. The van der Waals surface area contributed by atoms with Gasteiger partial charge in [0.1, 0.15) is 0 Å². The summed E-state index contributed by atoms with van der Waals surface area (Å²) in [6.07, 6.45) is 0.889. The summed E-state index contributed by atoms with van der Waals surface area (Å²) in [4.78, 5) is 0. The predicted octanol–water partition coefficient (Wildman–Crippen LogP) is 3.36. The van der Waals surface area contributed by atoms with Crippen molar-refractivity contribution in [1.29, 1.82) is 0 Å². The number of para-hydroxylation sites is 1. The summed E-state index contributed by atoms with van der Waals surface area (Å²) in [6, 6.07) is 6.44. The number of hydrogen-bond acceptors (Lipinski definition) is 2. The van der Waals surface area contributed by atoms with Crippen LogP contribution in [0.1, 0.15) is 31.9 Å². The maximum Gasteiger partial charge on any atom is 0.0423 e. The molecule has 0 saturated carbocycles. The molecule has 1 rings (SSSR count). The van der Waals surface area contributed by atoms with Crippen molar-refractivity contribution >= 4 is 11.3 Å². The summed E-state index contributed by atoms with van der Waals surface area (Å²) < 4.78 is 0. The summed E-state index contributed by atoms with van der Waals surface area (Å²) in [5.41, 5.74) is 11.2. The molecule has 1 aromatic rings. The fourth-order valence-corrected chi connectivity index (χ4v) is 1.96. The Hall–Kier alpha value is -1.70. The minimum Gasteiger partial charge on any atom is -0.398 e. The van der Waals surface area contributed by atoms with Gasteiger partial charge in [0.25, 0.3) is 0 Å². The van der Waals surface area contributed by atoms with Crippen LogP contribution in [-0.2, 0) is 6.42 Å². The van der Waals surface area contributed by atoms with Gasteiger partial charge < -0.3 is 11.1 Å². The molecule has 0 bridgehead atoms. The van der Waals surface area contributed by atoms with Gasteiger partial charge in [-0.25, -0.2) is 0 Å². The minimum atomic E-state index is 0.329. The second-order valence-corrected chi connectivity index (χ2v) is 4.69. The van der Waals surface area contributed by atoms with E-state index >= 15 is 0 Å². The van der Waals surface area contributed by atoms with Crippen molar-refractivity contribution < 1.29 is 0 Å². The molecule has 1 unspecified atom stereocenters. The summed E-state index contributed by atoms with van der Waals surface area (Å²) in [5.74, 6) is 0. The molecule has 0 fully saturated rings. The Morgan fingerprint density at radius 2 is 2.00 bits per heavy atom. The lowest BCUT2D eigenvalue weighted by Gasteiger charge is -2.17. The normalized spacial score (nSPS) is 11.9. The van der Waals surface area contributed by atoms with Crippen LogP contribution in [0.15, 0.2) is 37.1 Å². The number of nitrogens with one attached hydrogen (secondary N) is 1. The summed E-state index contributed by atoms with van der Waals surface area (Å²) >= 11 is 0. The van der Waals surface area contributed by atoms with E-state index in [4.69, 9.17) is 5.73 Å². The molecule has 0 aliphatic heterocycles. The van der Waals surface area contributed by atoms with E-state index in [0.29, 0.717) is 6.04 Å². The molecule has 3 N–H and O–H groups in total. The minimum absolute atomic E-state index is 0.329. The summed E-state index contributed by atoms with van der Waals surface area (Å²) in [6.45, 7) is 13.9. The zero-order valence-corrected chi connectivity index (χ0v) is 11.0. The van der Waals surface area contributed by atoms with Gasteiger partial charge in [0.05, 0.1) is 0 Å². The first kappa shape index (κ1) is 13.4. The Bertz CT molecular complexity index is 433. The van der Waals surface area contributed by atoms with Gasteiger partial charge >= 0.3 is 0 Å². The van der Waals surface area contributed by atoms with Gasteiger partial charge in [0, 0.05) is 17.4 Å². The van der Waals surface area contributed by atoms with Crippen LogP contribution in [0.25, 0.3) is 5.57 Å². The van der Waals surface area contributed by atoms with Crippen molar-refractivity contribution in [1.82, 2.24) is 5.32 Å². The molecule has 1 atom stereocenters. The van der Waals surface area contributed by atoms with Gasteiger partial charge in [-0.05, 0) is 43.9 Å². The Labute approximate surface area is 104 Å². The van der Waals surface area contributed by atoms with Crippen LogP contribution in [-0.4, -0.2) is 6.04 Å². The molecular weight excluding hydrogens is 208 g/mol. The predicted molar refractivity (Wildman–Crippen MR) is 76.7 cm³/mol. The maximum absolute atomic E-state index is 6.15. The van der Waals surface area contributed by atoms with Crippen molar-refractivity contribution in [3.05, 3.63) is 48.2 Å². The number of rotatable bonds is 5. The van der Waals surface area contributed by atoms with Gasteiger partial charge in [-0.1, -0.05) is 31.4 Å². The van der Waals surface area contributed by atoms with E-state index in [-0.39, 0.29) is 0 Å². The van der Waals surface area contributed by atoms with Crippen LogP contribution in [0.2, 0.25) is 0 Å². The molecule has 0 aromatic heterocycles. The van der Waals surface area contributed by atoms with Crippen LogP contribution < -0.4 is 11.1 Å². The lowest BCUT2D eigenvalue weighted by molar-refractivity contribution is 0.613. The highest BCUT2D eigenvalue weighted by atomic mass is 14.9. The van der Waals surface area contributed by atoms with Crippen molar-refractivity contribution in [3.63, 3.8) is 0 Å². The van der Waals surface area contributed by atoms with Crippen LogP contribution in [0.3, 0.4) is 0 Å². The Balaban J connectivity index is 2.88. The lowest BCUT2D eigenvalue weighted by Crippen LogP contribution is -2.26. The third-order valence-corrected chi connectivity index (χ3v) is 2.68. The smallest absolute Gasteiger partial charge is 0.0423 e. The van der Waals surface area contributed by atoms with Crippen molar-refractivity contribution in [2.75, 3.05) is 5.73 Å². The maximum atomic E-state index is 6.15. The highest BCUT2D eigenvalue weighted by Gasteiger charge is 2.09. The first-order valence-corrected chi connectivity index (χ1v) is 5.87. The van der Waals surface area contributed by atoms with Crippen molar-refractivity contribution in [2.45, 2.75) is 33.2 Å². The second-order valence-electron chi connectivity index (χ2n) is 4.69. The number of nitrogen functional groups attached to an aromatic ring is 1. The van der Waals surface area contributed by atoms with Gasteiger partial charge in [-0.2, -0.15) is 0 Å². The van der Waals surface area contributed by atoms with Crippen LogP contribution in [0.5, 0.6) is 0 Å². The Morgan fingerprint density at radius 3 is 2.53 bits per heavy atom. The molecule has 0 saturated heterocycles. The molecule has 0 heterocycles. The Morgan fingerprint density at radius 1 is 1.35 bits per heavy atom. The molecule has 0 aliphatic rings. The van der Waals surface area contributed by atoms with Gasteiger partial charge in [0.2, 0.25) is 0 Å². The first-order chi connectivity index (χ1) is 7.91. The van der Waals surface area contributed by atoms with Crippen LogP contribution >= 0.6 is 0 Å². The fourth-order valence-electron chi connectivity index (χ4n) is 1.96. The van der Waals surface area contributed by atoms with E-state index in [1.807, 2.05) is 26.0 Å². The standard InChI is InChI=1S/C15H22N2/c1-10(2)14-8-6-7-13(15(14)16)9-12(5)17-11(3)4/h6-8,12,17H,1,3,9,16H2,2,4-5H3. The first-order valence-electron chi connectivity index (χ1n) is 5.87. The van der Waals surface area contributed by atoms with Crippen molar-refractivity contribution in [2.24, 2.45) is 0 Å². The van der Waals surface area contributed by atoms with E-state index < -0.39 is 0 Å². The average molecular weight is 230 g/mol. The van der Waals surface area contributed by atoms with E-state index in [2.05, 4.69) is 31.5 Å². The molecule has 2 heteroatoms. The highest BCUT2D eigenvalue weighted by Crippen LogP contribution is 2.24. The second kappa shape index (κ2) is 5.58. The molecule has 0 amide bonds. The van der Waals surface area contributed by atoms with E-state index in [0.717, 1.165) is 34.5 Å². The van der Waals surface area contributed by atoms with Gasteiger partial charge in [-0.3, -0.25) is 0 Å².